The molecule has 1 aromatic carbocycles. The Morgan fingerprint density at radius 1 is 1.59 bits per heavy atom. The zero-order valence-electron chi connectivity index (χ0n) is 9.42. The van der Waals surface area contributed by atoms with Crippen molar-refractivity contribution < 1.29 is 9.90 Å². The number of guanidine groups is 1. The van der Waals surface area contributed by atoms with Crippen LogP contribution in [0.25, 0.3) is 0 Å². The Hall–Kier alpha value is -1.98. The number of phenols is 1. The number of aliphatic imine (C=N–C) groups is 1. The first-order valence-corrected chi connectivity index (χ1v) is 5.17. The van der Waals surface area contributed by atoms with Gasteiger partial charge in [0.25, 0.3) is 0 Å². The van der Waals surface area contributed by atoms with Crippen LogP contribution in [0, 0.1) is 0 Å². The van der Waals surface area contributed by atoms with Crippen molar-refractivity contribution in [1.29, 1.82) is 0 Å². The minimum atomic E-state index is -0.470. The lowest BCUT2D eigenvalue weighted by Gasteiger charge is -2.26. The van der Waals surface area contributed by atoms with Crippen LogP contribution in [0.4, 0.5) is 0 Å². The zero-order chi connectivity index (χ0) is 12.6. The summed E-state index contributed by atoms with van der Waals surface area (Å²) >= 11 is 0. The zero-order valence-corrected chi connectivity index (χ0v) is 9.42. The van der Waals surface area contributed by atoms with E-state index in [1.165, 1.54) is 11.0 Å². The first-order valence-electron chi connectivity index (χ1n) is 5.17. The maximum Gasteiger partial charge on any atom is 0.231 e. The molecule has 0 aromatic heterocycles. The summed E-state index contributed by atoms with van der Waals surface area (Å²) in [5, 5.41) is 9.74. The average molecular weight is 229 g/mol. The smallest absolute Gasteiger partial charge is 0.231 e. The Bertz CT molecular complexity index is 501. The third-order valence-corrected chi connectivity index (χ3v) is 2.78. The van der Waals surface area contributed by atoms with Crippen molar-refractivity contribution in [1.82, 2.24) is 4.90 Å². The normalized spacial score (nSPS) is 20.3. The van der Waals surface area contributed by atoms with Crippen LogP contribution in [0.5, 0.6) is 5.75 Å². The van der Waals surface area contributed by atoms with Crippen LogP contribution in [-0.2, 0) is 4.79 Å². The number of amides is 1. The molecule has 1 unspecified atom stereocenters. The van der Waals surface area contributed by atoms with Gasteiger partial charge < -0.3 is 10.8 Å². The van der Waals surface area contributed by atoms with E-state index in [1.54, 1.807) is 19.2 Å². The Labute approximate surface area is 100 Å². The number of carbonyl (C=O) groups excluding carboxylic acids is 1. The summed E-state index contributed by atoms with van der Waals surface area (Å²) in [6.07, 6.45) is 0.175. The number of carbonyl (C=O) groups is 1. The van der Waals surface area contributed by atoms with Gasteiger partial charge in [0.05, 0.1) is 12.5 Å². The van der Waals surface area contributed by atoms with Crippen molar-refractivity contribution >= 4 is 25.2 Å². The van der Waals surface area contributed by atoms with Gasteiger partial charge in [0.15, 0.2) is 5.96 Å². The van der Waals surface area contributed by atoms with Crippen LogP contribution in [0.2, 0.25) is 0 Å². The van der Waals surface area contributed by atoms with Crippen LogP contribution in [-0.4, -0.2) is 36.8 Å². The summed E-state index contributed by atoms with van der Waals surface area (Å²) in [5.74, 6) is 0.0792. The topological polar surface area (TPSA) is 78.9 Å². The average Bonchev–Trinajstić information content (AvgIpc) is 2.28. The van der Waals surface area contributed by atoms with Gasteiger partial charge in [-0.05, 0) is 6.07 Å². The lowest BCUT2D eigenvalue weighted by atomic mass is 9.90. The lowest BCUT2D eigenvalue weighted by molar-refractivity contribution is -0.127. The van der Waals surface area contributed by atoms with Crippen molar-refractivity contribution in [2.24, 2.45) is 10.7 Å². The summed E-state index contributed by atoms with van der Waals surface area (Å²) in [4.78, 5) is 17.1. The molecule has 1 heterocycles. The molecule has 3 N–H and O–H groups in total. The van der Waals surface area contributed by atoms with Crippen LogP contribution in [0.3, 0.4) is 0 Å². The van der Waals surface area contributed by atoms with Crippen LogP contribution < -0.4 is 11.2 Å². The standard InChI is InChI=1S/C11H12BN3O2/c1-15-10(17)5-8(14-11(15)13)7-4-6(12)2-3-9(7)16/h2-4,8,16H,5H2,1H3,(H2,13,14). The second kappa shape index (κ2) is 4.12. The van der Waals surface area contributed by atoms with Gasteiger partial charge in [-0.1, -0.05) is 17.6 Å². The summed E-state index contributed by atoms with van der Waals surface area (Å²) in [6, 6.07) is 4.21. The van der Waals surface area contributed by atoms with Gasteiger partial charge in [0.1, 0.15) is 13.6 Å². The number of hydrogen-bond donors (Lipinski definition) is 2. The Balaban J connectivity index is 2.41. The van der Waals surface area contributed by atoms with Crippen molar-refractivity contribution in [3.05, 3.63) is 23.8 Å². The van der Waals surface area contributed by atoms with Crippen molar-refractivity contribution in [2.75, 3.05) is 7.05 Å². The summed E-state index contributed by atoms with van der Waals surface area (Å²) < 4.78 is 0. The molecule has 5 nitrogen and oxygen atoms in total. The molecule has 1 aliphatic rings. The third-order valence-electron chi connectivity index (χ3n) is 2.78. The fourth-order valence-corrected chi connectivity index (χ4v) is 1.74. The number of hydrogen-bond acceptors (Lipinski definition) is 4. The van der Waals surface area contributed by atoms with Crippen LogP contribution in [0.15, 0.2) is 23.2 Å². The number of benzene rings is 1. The Kier molecular flexibility index (Phi) is 2.79. The van der Waals surface area contributed by atoms with E-state index in [1.807, 2.05) is 0 Å². The SMILES string of the molecule is [B]c1ccc(O)c(C2CC(=O)N(C)C(N)=N2)c1. The molecule has 0 saturated heterocycles. The maximum atomic E-state index is 11.6. The second-order valence-corrected chi connectivity index (χ2v) is 3.98. The van der Waals surface area contributed by atoms with Crippen molar-refractivity contribution in [3.8, 4) is 5.75 Å². The first kappa shape index (κ1) is 11.5. The molecule has 1 atom stereocenters. The minimum Gasteiger partial charge on any atom is -0.508 e. The number of phenolic OH excluding ortho intramolecular Hbond substituents is 1. The van der Waals surface area contributed by atoms with E-state index in [2.05, 4.69) is 4.99 Å². The molecule has 0 bridgehead atoms. The molecular formula is C11H12BN3O2. The molecular weight excluding hydrogens is 217 g/mol. The molecule has 17 heavy (non-hydrogen) atoms. The molecule has 2 radical (unpaired) electrons. The van der Waals surface area contributed by atoms with E-state index in [0.29, 0.717) is 11.0 Å². The molecule has 0 aliphatic carbocycles. The fraction of sp³-hybridized carbons (Fsp3) is 0.273. The number of rotatable bonds is 1. The molecule has 2 rings (SSSR count). The molecule has 0 fully saturated rings. The van der Waals surface area contributed by atoms with Gasteiger partial charge in [-0.15, -0.1) is 0 Å². The van der Waals surface area contributed by atoms with E-state index < -0.39 is 6.04 Å². The summed E-state index contributed by atoms with van der Waals surface area (Å²) in [6.45, 7) is 0. The lowest BCUT2D eigenvalue weighted by Crippen LogP contribution is -2.42. The maximum absolute atomic E-state index is 11.6. The highest BCUT2D eigenvalue weighted by Gasteiger charge is 2.27. The van der Waals surface area contributed by atoms with Crippen molar-refractivity contribution in [2.45, 2.75) is 12.5 Å². The molecule has 1 aromatic rings. The van der Waals surface area contributed by atoms with E-state index in [9.17, 15) is 9.90 Å². The largest absolute Gasteiger partial charge is 0.508 e. The van der Waals surface area contributed by atoms with Gasteiger partial charge >= 0.3 is 0 Å². The summed E-state index contributed by atoms with van der Waals surface area (Å²) in [5.41, 5.74) is 6.66. The molecule has 1 aliphatic heterocycles. The highest BCUT2D eigenvalue weighted by molar-refractivity contribution is 6.32. The van der Waals surface area contributed by atoms with Crippen LogP contribution >= 0.6 is 0 Å². The minimum absolute atomic E-state index is 0.0677. The second-order valence-electron chi connectivity index (χ2n) is 3.98. The van der Waals surface area contributed by atoms with Crippen molar-refractivity contribution in [3.63, 3.8) is 0 Å². The molecule has 1 amide bonds. The highest BCUT2D eigenvalue weighted by atomic mass is 16.3. The van der Waals surface area contributed by atoms with Gasteiger partial charge in [-0.3, -0.25) is 9.69 Å². The third kappa shape index (κ3) is 2.11. The quantitative estimate of drug-likeness (QED) is 0.631. The molecule has 6 heteroatoms. The van der Waals surface area contributed by atoms with Gasteiger partial charge in [0.2, 0.25) is 5.91 Å². The van der Waals surface area contributed by atoms with E-state index in [0.717, 1.165) is 0 Å². The predicted molar refractivity (Wildman–Crippen MR) is 65.2 cm³/mol. The number of aromatic hydroxyl groups is 1. The fourth-order valence-electron chi connectivity index (χ4n) is 1.74. The monoisotopic (exact) mass is 229 g/mol. The highest BCUT2D eigenvalue weighted by Crippen LogP contribution is 2.30. The van der Waals surface area contributed by atoms with Gasteiger partial charge in [-0.25, -0.2) is 4.99 Å². The van der Waals surface area contributed by atoms with Gasteiger partial charge in [-0.2, -0.15) is 0 Å². The number of nitrogens with two attached hydrogens (primary N) is 1. The predicted octanol–water partition coefficient (Wildman–Crippen LogP) is -0.596. The van der Waals surface area contributed by atoms with E-state index >= 15 is 0 Å². The first-order chi connectivity index (χ1) is 7.99. The molecule has 0 spiro atoms. The summed E-state index contributed by atoms with van der Waals surface area (Å²) in [7, 11) is 7.21. The number of nitrogens with zero attached hydrogens (tertiary/aromatic N) is 2. The molecule has 86 valence electrons. The Morgan fingerprint density at radius 3 is 2.94 bits per heavy atom. The van der Waals surface area contributed by atoms with Crippen LogP contribution in [0.1, 0.15) is 18.0 Å². The van der Waals surface area contributed by atoms with Gasteiger partial charge in [0, 0.05) is 12.6 Å². The molecule has 0 saturated carbocycles. The van der Waals surface area contributed by atoms with E-state index in [4.69, 9.17) is 13.6 Å². The van der Waals surface area contributed by atoms with E-state index in [-0.39, 0.29) is 24.0 Å². The Morgan fingerprint density at radius 2 is 2.29 bits per heavy atom.